The standard InChI is InChI=1S/C20H17ClN4O2S/c1-24-18-17(19(26)23-20(24)27)25(11-13-7-5-6-10-15(13)21)16(22-18)12-28-14-8-3-2-4-9-14/h2-10H,11-12H2,1H3,(H,23,26,27). The molecule has 28 heavy (non-hydrogen) atoms. The van der Waals surface area contributed by atoms with Crippen LogP contribution in [0.1, 0.15) is 11.4 Å². The lowest BCUT2D eigenvalue weighted by Gasteiger charge is -2.10. The van der Waals surface area contributed by atoms with Gasteiger partial charge in [0.25, 0.3) is 5.56 Å². The molecule has 0 amide bonds. The minimum Gasteiger partial charge on any atom is -0.317 e. The Morgan fingerprint density at radius 2 is 1.79 bits per heavy atom. The molecule has 0 fully saturated rings. The van der Waals surface area contributed by atoms with Gasteiger partial charge in [-0.25, -0.2) is 9.78 Å². The van der Waals surface area contributed by atoms with E-state index in [2.05, 4.69) is 9.97 Å². The van der Waals surface area contributed by atoms with Gasteiger partial charge in [-0.15, -0.1) is 11.8 Å². The van der Waals surface area contributed by atoms with Crippen molar-refractivity contribution in [1.29, 1.82) is 0 Å². The number of H-pyrrole nitrogens is 1. The Labute approximate surface area is 169 Å². The van der Waals surface area contributed by atoms with E-state index >= 15 is 0 Å². The van der Waals surface area contributed by atoms with Crippen LogP contribution in [0.4, 0.5) is 0 Å². The van der Waals surface area contributed by atoms with E-state index in [1.54, 1.807) is 18.8 Å². The van der Waals surface area contributed by atoms with E-state index in [0.29, 0.717) is 34.3 Å². The first-order chi connectivity index (χ1) is 13.5. The lowest BCUT2D eigenvalue weighted by Crippen LogP contribution is -2.29. The number of rotatable bonds is 5. The fourth-order valence-corrected chi connectivity index (χ4v) is 4.08. The Balaban J connectivity index is 1.84. The Morgan fingerprint density at radius 1 is 1.07 bits per heavy atom. The van der Waals surface area contributed by atoms with E-state index in [-0.39, 0.29) is 0 Å². The summed E-state index contributed by atoms with van der Waals surface area (Å²) in [4.78, 5) is 32.6. The quantitative estimate of drug-likeness (QED) is 0.510. The Bertz CT molecular complexity index is 1260. The average molecular weight is 413 g/mol. The van der Waals surface area contributed by atoms with E-state index < -0.39 is 11.2 Å². The normalized spacial score (nSPS) is 11.2. The molecule has 0 bridgehead atoms. The number of aromatic amines is 1. The van der Waals surface area contributed by atoms with Gasteiger partial charge in [0.05, 0.1) is 12.3 Å². The van der Waals surface area contributed by atoms with Crippen molar-refractivity contribution in [3.8, 4) is 0 Å². The van der Waals surface area contributed by atoms with Gasteiger partial charge in [-0.1, -0.05) is 48.0 Å². The van der Waals surface area contributed by atoms with Gasteiger partial charge in [-0.2, -0.15) is 0 Å². The lowest BCUT2D eigenvalue weighted by molar-refractivity contribution is 0.775. The maximum absolute atomic E-state index is 12.6. The minimum atomic E-state index is -0.484. The predicted octanol–water partition coefficient (Wildman–Crippen LogP) is 3.42. The Morgan fingerprint density at radius 3 is 2.54 bits per heavy atom. The number of thioether (sulfide) groups is 1. The van der Waals surface area contributed by atoms with E-state index in [0.717, 1.165) is 10.5 Å². The first-order valence-electron chi connectivity index (χ1n) is 8.64. The minimum absolute atomic E-state index is 0.365. The van der Waals surface area contributed by atoms with Crippen molar-refractivity contribution < 1.29 is 0 Å². The third-order valence-corrected chi connectivity index (χ3v) is 5.86. The summed E-state index contributed by atoms with van der Waals surface area (Å²) < 4.78 is 3.20. The first kappa shape index (κ1) is 18.6. The van der Waals surface area contributed by atoms with Crippen molar-refractivity contribution in [2.45, 2.75) is 17.2 Å². The van der Waals surface area contributed by atoms with Crippen molar-refractivity contribution in [1.82, 2.24) is 19.1 Å². The summed E-state index contributed by atoms with van der Waals surface area (Å²) in [5.74, 6) is 1.26. The number of aromatic nitrogens is 4. The topological polar surface area (TPSA) is 72.7 Å². The molecular weight excluding hydrogens is 396 g/mol. The van der Waals surface area contributed by atoms with Gasteiger partial charge in [-0.05, 0) is 23.8 Å². The fraction of sp³-hybridized carbons (Fsp3) is 0.150. The number of imidazole rings is 1. The molecule has 0 saturated heterocycles. The zero-order valence-electron chi connectivity index (χ0n) is 15.1. The molecule has 4 rings (SSSR count). The number of nitrogens with zero attached hydrogens (tertiary/aromatic N) is 3. The van der Waals surface area contributed by atoms with Gasteiger partial charge in [-0.3, -0.25) is 14.3 Å². The van der Waals surface area contributed by atoms with Crippen molar-refractivity contribution in [3.63, 3.8) is 0 Å². The molecule has 8 heteroatoms. The van der Waals surface area contributed by atoms with Crippen LogP contribution >= 0.6 is 23.4 Å². The molecule has 2 aromatic carbocycles. The third kappa shape index (κ3) is 3.50. The summed E-state index contributed by atoms with van der Waals surface area (Å²) in [6.07, 6.45) is 0. The molecule has 0 aliphatic heterocycles. The van der Waals surface area contributed by atoms with Crippen LogP contribution in [-0.2, 0) is 19.3 Å². The van der Waals surface area contributed by atoms with E-state index in [4.69, 9.17) is 11.6 Å². The van der Waals surface area contributed by atoms with Crippen LogP contribution in [0.5, 0.6) is 0 Å². The van der Waals surface area contributed by atoms with E-state index in [1.807, 2.05) is 59.2 Å². The van der Waals surface area contributed by atoms with Crippen LogP contribution in [0.2, 0.25) is 5.02 Å². The number of halogens is 1. The molecule has 142 valence electrons. The van der Waals surface area contributed by atoms with Crippen LogP contribution in [0.15, 0.2) is 69.1 Å². The maximum atomic E-state index is 12.6. The lowest BCUT2D eigenvalue weighted by atomic mass is 10.2. The molecule has 0 aliphatic rings. The Kier molecular flexibility index (Phi) is 5.11. The van der Waals surface area contributed by atoms with Gasteiger partial charge in [0.1, 0.15) is 5.82 Å². The predicted molar refractivity (Wildman–Crippen MR) is 112 cm³/mol. The average Bonchev–Trinajstić information content (AvgIpc) is 3.06. The van der Waals surface area contributed by atoms with Crippen LogP contribution in [-0.4, -0.2) is 19.1 Å². The number of hydrogen-bond acceptors (Lipinski definition) is 4. The van der Waals surface area contributed by atoms with Gasteiger partial charge in [0.15, 0.2) is 11.2 Å². The molecule has 1 N–H and O–H groups in total. The Hall–Kier alpha value is -2.77. The summed E-state index contributed by atoms with van der Waals surface area (Å²) >= 11 is 7.95. The van der Waals surface area contributed by atoms with Crippen LogP contribution in [0.25, 0.3) is 11.2 Å². The second-order valence-electron chi connectivity index (χ2n) is 6.30. The third-order valence-electron chi connectivity index (χ3n) is 4.48. The van der Waals surface area contributed by atoms with E-state index in [1.165, 1.54) is 4.57 Å². The number of hydrogen-bond donors (Lipinski definition) is 1. The molecule has 0 aliphatic carbocycles. The zero-order chi connectivity index (χ0) is 19.7. The summed E-state index contributed by atoms with van der Waals surface area (Å²) in [6.45, 7) is 0.391. The highest BCUT2D eigenvalue weighted by Crippen LogP contribution is 2.25. The van der Waals surface area contributed by atoms with E-state index in [9.17, 15) is 9.59 Å². The van der Waals surface area contributed by atoms with Crippen molar-refractivity contribution in [3.05, 3.63) is 91.8 Å². The SMILES string of the molecule is Cn1c(=O)[nH]c(=O)c2c1nc(CSc1ccccc1)n2Cc1ccccc1Cl. The smallest absolute Gasteiger partial charge is 0.317 e. The summed E-state index contributed by atoms with van der Waals surface area (Å²) in [5.41, 5.74) is 0.675. The van der Waals surface area contributed by atoms with Crippen LogP contribution in [0.3, 0.4) is 0 Å². The molecule has 4 aromatic rings. The summed E-state index contributed by atoms with van der Waals surface area (Å²) in [6, 6.07) is 17.5. The van der Waals surface area contributed by atoms with Crippen LogP contribution in [0, 0.1) is 0 Å². The fourth-order valence-electron chi connectivity index (χ4n) is 3.02. The van der Waals surface area contributed by atoms with Crippen molar-refractivity contribution >= 4 is 34.5 Å². The molecule has 0 radical (unpaired) electrons. The highest BCUT2D eigenvalue weighted by molar-refractivity contribution is 7.98. The molecule has 0 unspecified atom stereocenters. The number of fused-ring (bicyclic) bond motifs is 1. The van der Waals surface area contributed by atoms with Gasteiger partial charge in [0, 0.05) is 17.0 Å². The number of aryl methyl sites for hydroxylation is 1. The summed E-state index contributed by atoms with van der Waals surface area (Å²) in [5, 5.41) is 0.618. The highest BCUT2D eigenvalue weighted by atomic mass is 35.5. The van der Waals surface area contributed by atoms with Gasteiger partial charge < -0.3 is 4.57 Å². The molecule has 2 aromatic heterocycles. The zero-order valence-corrected chi connectivity index (χ0v) is 16.6. The molecule has 2 heterocycles. The molecule has 0 spiro atoms. The highest BCUT2D eigenvalue weighted by Gasteiger charge is 2.18. The second kappa shape index (κ2) is 7.69. The van der Waals surface area contributed by atoms with Crippen molar-refractivity contribution in [2.75, 3.05) is 0 Å². The summed E-state index contributed by atoms with van der Waals surface area (Å²) in [7, 11) is 1.60. The van der Waals surface area contributed by atoms with Crippen molar-refractivity contribution in [2.24, 2.45) is 7.05 Å². The molecule has 0 atom stereocenters. The second-order valence-corrected chi connectivity index (χ2v) is 7.75. The number of benzene rings is 2. The first-order valence-corrected chi connectivity index (χ1v) is 10.0. The monoisotopic (exact) mass is 412 g/mol. The maximum Gasteiger partial charge on any atom is 0.329 e. The molecule has 0 saturated carbocycles. The molecule has 6 nitrogen and oxygen atoms in total. The van der Waals surface area contributed by atoms with Crippen LogP contribution < -0.4 is 11.2 Å². The van der Waals surface area contributed by atoms with Gasteiger partial charge >= 0.3 is 5.69 Å². The number of nitrogens with one attached hydrogen (secondary N) is 1. The largest absolute Gasteiger partial charge is 0.329 e. The van der Waals surface area contributed by atoms with Gasteiger partial charge in [0.2, 0.25) is 0 Å². The molecular formula is C20H17ClN4O2S.